The van der Waals surface area contributed by atoms with Gasteiger partial charge in [0.2, 0.25) is 0 Å². The molecule has 1 aromatic carbocycles. The van der Waals surface area contributed by atoms with Crippen LogP contribution in [0, 0.1) is 0 Å². The summed E-state index contributed by atoms with van der Waals surface area (Å²) in [5, 5.41) is 2.31. The summed E-state index contributed by atoms with van der Waals surface area (Å²) in [4.78, 5) is 2.48. The maximum Gasteiger partial charge on any atom is 0.183 e. The van der Waals surface area contributed by atoms with Crippen molar-refractivity contribution in [3.8, 4) is 0 Å². The molecule has 3 rings (SSSR count). The van der Waals surface area contributed by atoms with Crippen molar-refractivity contribution in [2.75, 3.05) is 44.4 Å². The highest BCUT2D eigenvalue weighted by Crippen LogP contribution is 2.28. The highest BCUT2D eigenvalue weighted by atomic mass is 32.2. The second-order valence-electron chi connectivity index (χ2n) is 9.28. The third-order valence-corrected chi connectivity index (χ3v) is 10.4. The first-order valence-electron chi connectivity index (χ1n) is 10.5. The van der Waals surface area contributed by atoms with E-state index in [-0.39, 0.29) is 21.9 Å². The van der Waals surface area contributed by atoms with Crippen molar-refractivity contribution in [2.45, 2.75) is 55.3 Å². The summed E-state index contributed by atoms with van der Waals surface area (Å²) in [6.07, 6.45) is 0. The monoisotopic (exact) mass is 458 g/mol. The average molecular weight is 459 g/mol. The molecule has 1 aromatic rings. The molecule has 0 radical (unpaired) electrons. The Labute approximate surface area is 181 Å². The summed E-state index contributed by atoms with van der Waals surface area (Å²) in [5.74, 6) is -0.192. The molecule has 0 bridgehead atoms. The first kappa shape index (κ1) is 23.7. The van der Waals surface area contributed by atoms with Gasteiger partial charge in [-0.3, -0.25) is 4.90 Å². The fourth-order valence-electron chi connectivity index (χ4n) is 4.19. The lowest BCUT2D eigenvalue weighted by Gasteiger charge is -2.41. The lowest BCUT2D eigenvalue weighted by Crippen LogP contribution is -2.57. The van der Waals surface area contributed by atoms with Gasteiger partial charge in [0.25, 0.3) is 0 Å². The van der Waals surface area contributed by atoms with Gasteiger partial charge in [-0.15, -0.1) is 0 Å². The standard InChI is InChI=1S/C21H34N2O5S2/c1-16(2)17-5-7-18(8-6-17)30(26,27)20-14-29(24,25)13-19(20)22-15-21(3,4)23-9-11-28-12-10-23/h5-8,16,19-20,22H,9-15H2,1-4H3/t19-,20-/m0/s1. The van der Waals surface area contributed by atoms with Crippen LogP contribution in [-0.4, -0.2) is 82.9 Å². The van der Waals surface area contributed by atoms with E-state index in [4.69, 9.17) is 4.74 Å². The summed E-state index contributed by atoms with van der Waals surface area (Å²) >= 11 is 0. The number of nitrogens with one attached hydrogen (secondary N) is 1. The molecule has 2 fully saturated rings. The normalized spacial score (nSPS) is 25.6. The Hall–Kier alpha value is -1.00. The maximum atomic E-state index is 13.3. The van der Waals surface area contributed by atoms with E-state index in [1.165, 1.54) is 0 Å². The molecular weight excluding hydrogens is 424 g/mol. The van der Waals surface area contributed by atoms with Crippen molar-refractivity contribution < 1.29 is 21.6 Å². The third kappa shape index (κ3) is 5.24. The number of ether oxygens (including phenoxy) is 1. The minimum absolute atomic E-state index is 0.153. The van der Waals surface area contributed by atoms with Gasteiger partial charge in [0.05, 0.1) is 34.9 Å². The van der Waals surface area contributed by atoms with E-state index < -0.39 is 31.0 Å². The van der Waals surface area contributed by atoms with Crippen LogP contribution >= 0.6 is 0 Å². The van der Waals surface area contributed by atoms with Crippen molar-refractivity contribution in [2.24, 2.45) is 0 Å². The largest absolute Gasteiger partial charge is 0.379 e. The van der Waals surface area contributed by atoms with Crippen LogP contribution in [-0.2, 0) is 24.4 Å². The Balaban J connectivity index is 1.78. The highest BCUT2D eigenvalue weighted by Gasteiger charge is 2.46. The van der Waals surface area contributed by atoms with E-state index in [2.05, 4.69) is 24.1 Å². The molecule has 2 aliphatic rings. The van der Waals surface area contributed by atoms with Gasteiger partial charge in [0, 0.05) is 31.2 Å². The molecule has 9 heteroatoms. The quantitative estimate of drug-likeness (QED) is 0.661. The summed E-state index contributed by atoms with van der Waals surface area (Å²) in [7, 11) is -7.19. The van der Waals surface area contributed by atoms with Crippen LogP contribution in [0.3, 0.4) is 0 Å². The van der Waals surface area contributed by atoms with E-state index in [1.807, 2.05) is 26.0 Å². The molecule has 7 nitrogen and oxygen atoms in total. The number of benzene rings is 1. The van der Waals surface area contributed by atoms with Gasteiger partial charge in [-0.1, -0.05) is 26.0 Å². The summed E-state index contributed by atoms with van der Waals surface area (Å²) < 4.78 is 56.8. The second kappa shape index (κ2) is 8.86. The van der Waals surface area contributed by atoms with Gasteiger partial charge in [0.1, 0.15) is 0 Å². The predicted molar refractivity (Wildman–Crippen MR) is 118 cm³/mol. The predicted octanol–water partition coefficient (Wildman–Crippen LogP) is 1.45. The van der Waals surface area contributed by atoms with Crippen molar-refractivity contribution in [3.63, 3.8) is 0 Å². The summed E-state index contributed by atoms with van der Waals surface area (Å²) in [5.41, 5.74) is 0.818. The lowest BCUT2D eigenvalue weighted by atomic mass is 10.0. The number of hydrogen-bond acceptors (Lipinski definition) is 7. The number of nitrogens with zero attached hydrogens (tertiary/aromatic N) is 1. The average Bonchev–Trinajstić information content (AvgIpc) is 3.02. The molecule has 30 heavy (non-hydrogen) atoms. The molecule has 2 heterocycles. The Morgan fingerprint density at radius 1 is 1.13 bits per heavy atom. The van der Waals surface area contributed by atoms with Gasteiger partial charge in [-0.25, -0.2) is 16.8 Å². The van der Waals surface area contributed by atoms with Gasteiger partial charge in [-0.05, 0) is 37.5 Å². The van der Waals surface area contributed by atoms with E-state index >= 15 is 0 Å². The molecule has 2 saturated heterocycles. The molecule has 0 spiro atoms. The highest BCUT2D eigenvalue weighted by molar-refractivity contribution is 7.96. The SMILES string of the molecule is CC(C)c1ccc(S(=O)(=O)[C@H]2CS(=O)(=O)C[C@@H]2NCC(C)(C)N2CCOCC2)cc1. The van der Waals surface area contributed by atoms with E-state index in [1.54, 1.807) is 12.1 Å². The van der Waals surface area contributed by atoms with Gasteiger partial charge < -0.3 is 10.1 Å². The number of sulfone groups is 2. The van der Waals surface area contributed by atoms with E-state index in [0.717, 1.165) is 18.7 Å². The van der Waals surface area contributed by atoms with Crippen LogP contribution in [0.25, 0.3) is 0 Å². The van der Waals surface area contributed by atoms with E-state index in [9.17, 15) is 16.8 Å². The Morgan fingerprint density at radius 2 is 1.73 bits per heavy atom. The maximum absolute atomic E-state index is 13.3. The second-order valence-corrected chi connectivity index (χ2v) is 13.6. The van der Waals surface area contributed by atoms with Crippen molar-refractivity contribution in [1.82, 2.24) is 10.2 Å². The zero-order valence-electron chi connectivity index (χ0n) is 18.3. The smallest absolute Gasteiger partial charge is 0.183 e. The van der Waals surface area contributed by atoms with Gasteiger partial charge in [0.15, 0.2) is 19.7 Å². The van der Waals surface area contributed by atoms with Crippen LogP contribution < -0.4 is 5.32 Å². The van der Waals surface area contributed by atoms with Crippen LogP contribution in [0.4, 0.5) is 0 Å². The zero-order chi connectivity index (χ0) is 22.2. The zero-order valence-corrected chi connectivity index (χ0v) is 19.9. The first-order chi connectivity index (χ1) is 13.9. The van der Waals surface area contributed by atoms with Crippen LogP contribution in [0.1, 0.15) is 39.2 Å². The number of rotatable bonds is 7. The topological polar surface area (TPSA) is 92.8 Å². The molecule has 0 saturated carbocycles. The van der Waals surface area contributed by atoms with Crippen LogP contribution in [0.5, 0.6) is 0 Å². The molecule has 0 aliphatic carbocycles. The molecule has 0 aromatic heterocycles. The minimum atomic E-state index is -3.77. The third-order valence-electron chi connectivity index (χ3n) is 6.24. The summed E-state index contributed by atoms with van der Waals surface area (Å²) in [6, 6.07) is 6.20. The lowest BCUT2D eigenvalue weighted by molar-refractivity contribution is -0.0101. The molecule has 2 aliphatic heterocycles. The molecule has 2 atom stereocenters. The molecular formula is C21H34N2O5S2. The van der Waals surface area contributed by atoms with Crippen molar-refractivity contribution in [3.05, 3.63) is 29.8 Å². The summed E-state index contributed by atoms with van der Waals surface area (Å²) in [6.45, 7) is 11.7. The number of hydrogen-bond donors (Lipinski definition) is 1. The van der Waals surface area contributed by atoms with E-state index in [0.29, 0.717) is 25.7 Å². The minimum Gasteiger partial charge on any atom is -0.379 e. The van der Waals surface area contributed by atoms with Gasteiger partial charge in [-0.2, -0.15) is 0 Å². The van der Waals surface area contributed by atoms with Crippen molar-refractivity contribution >= 4 is 19.7 Å². The number of morpholine rings is 1. The van der Waals surface area contributed by atoms with Crippen molar-refractivity contribution in [1.29, 1.82) is 0 Å². The fraction of sp³-hybridized carbons (Fsp3) is 0.714. The molecule has 0 unspecified atom stereocenters. The Bertz CT molecular complexity index is 934. The Morgan fingerprint density at radius 3 is 2.30 bits per heavy atom. The van der Waals surface area contributed by atoms with Gasteiger partial charge >= 0.3 is 0 Å². The molecule has 170 valence electrons. The molecule has 1 N–H and O–H groups in total. The fourth-order valence-corrected chi connectivity index (χ4v) is 8.91. The van der Waals surface area contributed by atoms with Crippen LogP contribution in [0.2, 0.25) is 0 Å². The first-order valence-corrected chi connectivity index (χ1v) is 13.9. The van der Waals surface area contributed by atoms with Crippen LogP contribution in [0.15, 0.2) is 29.2 Å². The molecule has 0 amide bonds. The Kier molecular flexibility index (Phi) is 6.99.